The Balaban J connectivity index is 2.11. The third-order valence-corrected chi connectivity index (χ3v) is 3.50. The minimum Gasteiger partial charge on any atom is -0.383 e. The highest BCUT2D eigenvalue weighted by atomic mass is 16.5. The molecule has 24 heavy (non-hydrogen) atoms. The van der Waals surface area contributed by atoms with Crippen LogP contribution in [0.4, 0.5) is 5.69 Å². The fourth-order valence-corrected chi connectivity index (χ4v) is 2.12. The predicted octanol–water partition coefficient (Wildman–Crippen LogP) is 2.33. The van der Waals surface area contributed by atoms with Gasteiger partial charge in [0.05, 0.1) is 17.7 Å². The first-order chi connectivity index (χ1) is 11.5. The lowest BCUT2D eigenvalue weighted by Gasteiger charge is -2.10. The Bertz CT molecular complexity index is 744. The number of amides is 2. The number of nitrogens with zero attached hydrogens (tertiary/aromatic N) is 1. The van der Waals surface area contributed by atoms with E-state index in [-0.39, 0.29) is 11.8 Å². The predicted molar refractivity (Wildman–Crippen MR) is 92.3 cm³/mol. The van der Waals surface area contributed by atoms with Gasteiger partial charge in [0.2, 0.25) is 0 Å². The van der Waals surface area contributed by atoms with Crippen LogP contribution in [0, 0.1) is 13.8 Å². The first-order valence-corrected chi connectivity index (χ1v) is 7.62. The number of ether oxygens (including phenoxy) is 1. The van der Waals surface area contributed by atoms with E-state index in [0.29, 0.717) is 24.3 Å². The second kappa shape index (κ2) is 8.21. The molecule has 0 aliphatic heterocycles. The van der Waals surface area contributed by atoms with E-state index < -0.39 is 0 Å². The number of benzene rings is 1. The fourth-order valence-electron chi connectivity index (χ4n) is 2.12. The zero-order valence-electron chi connectivity index (χ0n) is 14.1. The molecule has 0 saturated heterocycles. The number of methoxy groups -OCH3 is 1. The van der Waals surface area contributed by atoms with E-state index >= 15 is 0 Å². The average Bonchev–Trinajstić information content (AvgIpc) is 2.58. The molecule has 6 heteroatoms. The van der Waals surface area contributed by atoms with Crippen molar-refractivity contribution in [3.8, 4) is 0 Å². The zero-order valence-corrected chi connectivity index (χ0v) is 14.1. The molecule has 0 saturated carbocycles. The molecule has 0 atom stereocenters. The van der Waals surface area contributed by atoms with Gasteiger partial charge in [0.15, 0.2) is 0 Å². The molecule has 0 spiro atoms. The Labute approximate surface area is 141 Å². The molecular formula is C18H21N3O3. The Morgan fingerprint density at radius 1 is 1.08 bits per heavy atom. The molecule has 0 aliphatic rings. The lowest BCUT2D eigenvalue weighted by molar-refractivity contribution is 0.0936. The standard InChI is InChI=1S/C18H21N3O3/c1-12-4-5-13(2)16(8-12)21-18(23)15-9-14(10-19-11-15)17(22)20-6-7-24-3/h4-5,8-11H,6-7H2,1-3H3,(H,20,22)(H,21,23). The quantitative estimate of drug-likeness (QED) is 0.798. The van der Waals surface area contributed by atoms with E-state index in [4.69, 9.17) is 4.74 Å². The number of anilines is 1. The van der Waals surface area contributed by atoms with Crippen LogP contribution in [0.25, 0.3) is 0 Å². The monoisotopic (exact) mass is 327 g/mol. The van der Waals surface area contributed by atoms with Gasteiger partial charge in [-0.2, -0.15) is 0 Å². The van der Waals surface area contributed by atoms with Gasteiger partial charge in [0.25, 0.3) is 11.8 Å². The van der Waals surface area contributed by atoms with E-state index in [1.165, 1.54) is 18.5 Å². The summed E-state index contributed by atoms with van der Waals surface area (Å²) in [7, 11) is 1.56. The summed E-state index contributed by atoms with van der Waals surface area (Å²) in [5, 5.41) is 5.55. The van der Waals surface area contributed by atoms with Gasteiger partial charge in [-0.05, 0) is 37.1 Å². The van der Waals surface area contributed by atoms with Gasteiger partial charge in [-0.15, -0.1) is 0 Å². The van der Waals surface area contributed by atoms with Crippen LogP contribution in [0.1, 0.15) is 31.8 Å². The number of aromatic nitrogens is 1. The second-order valence-electron chi connectivity index (χ2n) is 5.48. The molecule has 1 heterocycles. The van der Waals surface area contributed by atoms with E-state index in [2.05, 4.69) is 15.6 Å². The molecule has 0 fully saturated rings. The van der Waals surface area contributed by atoms with E-state index in [1.54, 1.807) is 7.11 Å². The highest BCUT2D eigenvalue weighted by molar-refractivity contribution is 6.06. The maximum atomic E-state index is 12.4. The van der Waals surface area contributed by atoms with E-state index in [1.807, 2.05) is 32.0 Å². The van der Waals surface area contributed by atoms with Gasteiger partial charge < -0.3 is 15.4 Å². The van der Waals surface area contributed by atoms with Crippen molar-refractivity contribution in [1.29, 1.82) is 0 Å². The summed E-state index contributed by atoms with van der Waals surface area (Å²) in [6.07, 6.45) is 2.86. The topological polar surface area (TPSA) is 80.3 Å². The maximum absolute atomic E-state index is 12.4. The van der Waals surface area contributed by atoms with Crippen LogP contribution < -0.4 is 10.6 Å². The summed E-state index contributed by atoms with van der Waals surface area (Å²) < 4.78 is 4.88. The highest BCUT2D eigenvalue weighted by Crippen LogP contribution is 2.17. The number of rotatable bonds is 6. The lowest BCUT2D eigenvalue weighted by atomic mass is 10.1. The van der Waals surface area contributed by atoms with Gasteiger partial charge in [0.1, 0.15) is 0 Å². The van der Waals surface area contributed by atoms with E-state index in [0.717, 1.165) is 16.8 Å². The van der Waals surface area contributed by atoms with Gasteiger partial charge in [0, 0.05) is 31.7 Å². The molecule has 0 radical (unpaired) electrons. The van der Waals surface area contributed by atoms with Crippen molar-refractivity contribution < 1.29 is 14.3 Å². The number of hydrogen-bond donors (Lipinski definition) is 2. The molecule has 1 aromatic carbocycles. The second-order valence-corrected chi connectivity index (χ2v) is 5.48. The number of nitrogens with one attached hydrogen (secondary N) is 2. The van der Waals surface area contributed by atoms with Crippen molar-refractivity contribution >= 4 is 17.5 Å². The smallest absolute Gasteiger partial charge is 0.257 e. The van der Waals surface area contributed by atoms with Crippen LogP contribution in [0.2, 0.25) is 0 Å². The zero-order chi connectivity index (χ0) is 17.5. The fraction of sp³-hybridized carbons (Fsp3) is 0.278. The Kier molecular flexibility index (Phi) is 6.03. The molecule has 0 unspecified atom stereocenters. The minimum absolute atomic E-state index is 0.291. The summed E-state index contributed by atoms with van der Waals surface area (Å²) in [5.74, 6) is -0.594. The van der Waals surface area contributed by atoms with Crippen molar-refractivity contribution in [3.63, 3.8) is 0 Å². The summed E-state index contributed by atoms with van der Waals surface area (Å²) in [5.41, 5.74) is 3.43. The lowest BCUT2D eigenvalue weighted by Crippen LogP contribution is -2.27. The van der Waals surface area contributed by atoms with Crippen LogP contribution in [-0.2, 0) is 4.74 Å². The molecule has 0 bridgehead atoms. The minimum atomic E-state index is -0.303. The third kappa shape index (κ3) is 4.63. The maximum Gasteiger partial charge on any atom is 0.257 e. The molecular weight excluding hydrogens is 306 g/mol. The van der Waals surface area contributed by atoms with Gasteiger partial charge in [-0.25, -0.2) is 0 Å². The Hall–Kier alpha value is -2.73. The number of aryl methyl sites for hydroxylation is 2. The summed E-state index contributed by atoms with van der Waals surface area (Å²) in [4.78, 5) is 28.4. The van der Waals surface area contributed by atoms with Crippen molar-refractivity contribution in [3.05, 3.63) is 58.9 Å². The van der Waals surface area contributed by atoms with Gasteiger partial charge in [-0.3, -0.25) is 14.6 Å². The first-order valence-electron chi connectivity index (χ1n) is 7.62. The average molecular weight is 327 g/mol. The van der Waals surface area contributed by atoms with Crippen LogP contribution in [-0.4, -0.2) is 37.1 Å². The van der Waals surface area contributed by atoms with Crippen molar-refractivity contribution in [2.75, 3.05) is 25.6 Å². The molecule has 2 rings (SSSR count). The molecule has 6 nitrogen and oxygen atoms in total. The number of carbonyl (C=O) groups is 2. The largest absolute Gasteiger partial charge is 0.383 e. The summed E-state index contributed by atoms with van der Waals surface area (Å²) in [6, 6.07) is 7.36. The van der Waals surface area contributed by atoms with Crippen molar-refractivity contribution in [2.45, 2.75) is 13.8 Å². The van der Waals surface area contributed by atoms with Crippen LogP contribution >= 0.6 is 0 Å². The molecule has 2 aromatic rings. The van der Waals surface area contributed by atoms with Crippen molar-refractivity contribution in [1.82, 2.24) is 10.3 Å². The SMILES string of the molecule is COCCNC(=O)c1cncc(C(=O)Nc2cc(C)ccc2C)c1. The molecule has 2 amide bonds. The Morgan fingerprint density at radius 2 is 1.79 bits per heavy atom. The highest BCUT2D eigenvalue weighted by Gasteiger charge is 2.12. The first kappa shape index (κ1) is 17.6. The summed E-state index contributed by atoms with van der Waals surface area (Å²) >= 11 is 0. The Morgan fingerprint density at radius 3 is 2.50 bits per heavy atom. The van der Waals surface area contributed by atoms with E-state index in [9.17, 15) is 9.59 Å². The van der Waals surface area contributed by atoms with Crippen LogP contribution in [0.5, 0.6) is 0 Å². The molecule has 126 valence electrons. The molecule has 1 aromatic heterocycles. The van der Waals surface area contributed by atoms with Gasteiger partial charge in [-0.1, -0.05) is 12.1 Å². The van der Waals surface area contributed by atoms with Gasteiger partial charge >= 0.3 is 0 Å². The number of hydrogen-bond acceptors (Lipinski definition) is 4. The normalized spacial score (nSPS) is 10.3. The van der Waals surface area contributed by atoms with Crippen LogP contribution in [0.15, 0.2) is 36.7 Å². The summed E-state index contributed by atoms with van der Waals surface area (Å²) in [6.45, 7) is 4.70. The molecule has 0 aliphatic carbocycles. The number of pyridine rings is 1. The molecule has 2 N–H and O–H groups in total. The third-order valence-electron chi connectivity index (χ3n) is 3.50. The van der Waals surface area contributed by atoms with Crippen molar-refractivity contribution in [2.24, 2.45) is 0 Å². The number of carbonyl (C=O) groups excluding carboxylic acids is 2. The van der Waals surface area contributed by atoms with Crippen LogP contribution in [0.3, 0.4) is 0 Å².